The van der Waals surface area contributed by atoms with Crippen LogP contribution in [0.1, 0.15) is 33.6 Å². The molecule has 8 heteroatoms. The highest BCUT2D eigenvalue weighted by atomic mass is 16.5. The number of nitrogens with zero attached hydrogens (tertiary/aromatic N) is 1. The molecule has 31 heavy (non-hydrogen) atoms. The van der Waals surface area contributed by atoms with E-state index in [1.165, 1.54) is 21.3 Å². The molecule has 0 saturated carbocycles. The van der Waals surface area contributed by atoms with Crippen LogP contribution in [-0.2, 0) is 0 Å². The zero-order valence-corrected chi connectivity index (χ0v) is 17.9. The fourth-order valence-corrected chi connectivity index (χ4v) is 4.13. The van der Waals surface area contributed by atoms with Crippen LogP contribution in [0.5, 0.6) is 23.0 Å². The van der Waals surface area contributed by atoms with Gasteiger partial charge in [0.1, 0.15) is 11.4 Å². The van der Waals surface area contributed by atoms with Crippen molar-refractivity contribution in [1.82, 2.24) is 10.2 Å². The van der Waals surface area contributed by atoms with Crippen molar-refractivity contribution < 1.29 is 28.5 Å². The third kappa shape index (κ3) is 3.85. The number of carbonyl (C=O) groups is 2. The van der Waals surface area contributed by atoms with Crippen molar-refractivity contribution in [3.63, 3.8) is 0 Å². The van der Waals surface area contributed by atoms with Crippen molar-refractivity contribution in [2.75, 3.05) is 41.0 Å². The number of fused-ring (bicyclic) bond motifs is 1. The number of benzene rings is 2. The second-order valence-electron chi connectivity index (χ2n) is 7.67. The van der Waals surface area contributed by atoms with Crippen LogP contribution in [0.25, 0.3) is 0 Å². The van der Waals surface area contributed by atoms with Crippen LogP contribution in [0, 0.1) is 0 Å². The maximum absolute atomic E-state index is 13.2. The molecule has 0 aliphatic carbocycles. The molecule has 2 aliphatic heterocycles. The highest BCUT2D eigenvalue weighted by molar-refractivity contribution is 5.97. The number of piperidine rings is 1. The summed E-state index contributed by atoms with van der Waals surface area (Å²) in [6, 6.07) is 10.6. The maximum atomic E-state index is 13.2. The first-order valence-corrected chi connectivity index (χ1v) is 10.2. The summed E-state index contributed by atoms with van der Waals surface area (Å²) in [4.78, 5) is 27.3. The van der Waals surface area contributed by atoms with Gasteiger partial charge in [-0.25, -0.2) is 0 Å². The molecule has 2 heterocycles. The largest absolute Gasteiger partial charge is 0.493 e. The number of methoxy groups -OCH3 is 3. The topological polar surface area (TPSA) is 86.3 Å². The molecule has 2 amide bonds. The second-order valence-corrected chi connectivity index (χ2v) is 7.67. The summed E-state index contributed by atoms with van der Waals surface area (Å²) in [6.45, 7) is 1.42. The maximum Gasteiger partial charge on any atom is 0.255 e. The van der Waals surface area contributed by atoms with E-state index in [1.807, 2.05) is 18.2 Å². The monoisotopic (exact) mass is 426 g/mol. The summed E-state index contributed by atoms with van der Waals surface area (Å²) in [6.07, 6.45) is 1.22. The molecule has 0 radical (unpaired) electrons. The van der Waals surface area contributed by atoms with Crippen LogP contribution in [0.4, 0.5) is 0 Å². The van der Waals surface area contributed by atoms with Gasteiger partial charge in [-0.05, 0) is 24.3 Å². The van der Waals surface area contributed by atoms with Gasteiger partial charge < -0.3 is 29.2 Å². The standard InChI is InChI=1S/C23H26N2O6/c1-28-18-12-15(13-19(29-2)20(18)30-3)22(27)25-10-8-23(9-11-25)14-24-21(26)16-6-4-5-7-17(16)31-23/h4-7,12-13H,8-11,14H2,1-3H3,(H,24,26). The Morgan fingerprint density at radius 2 is 1.68 bits per heavy atom. The Bertz CT molecular complexity index is 972. The lowest BCUT2D eigenvalue weighted by molar-refractivity contribution is 0.00769. The molecule has 1 N–H and O–H groups in total. The number of rotatable bonds is 4. The summed E-state index contributed by atoms with van der Waals surface area (Å²) in [5, 5.41) is 2.97. The molecule has 2 aromatic rings. The third-order valence-electron chi connectivity index (χ3n) is 5.90. The molecule has 1 fully saturated rings. The first-order chi connectivity index (χ1) is 15.0. The van der Waals surface area contributed by atoms with Crippen molar-refractivity contribution in [3.05, 3.63) is 47.5 Å². The van der Waals surface area contributed by atoms with Crippen LogP contribution in [-0.4, -0.2) is 63.3 Å². The van der Waals surface area contributed by atoms with Crippen LogP contribution < -0.4 is 24.3 Å². The van der Waals surface area contributed by atoms with Crippen LogP contribution in [0.15, 0.2) is 36.4 Å². The molecule has 8 nitrogen and oxygen atoms in total. The number of likely N-dealkylation sites (tertiary alicyclic amines) is 1. The molecule has 0 aromatic heterocycles. The van der Waals surface area contributed by atoms with E-state index in [4.69, 9.17) is 18.9 Å². The van der Waals surface area contributed by atoms with E-state index < -0.39 is 5.60 Å². The first kappa shape index (κ1) is 20.8. The minimum atomic E-state index is -0.533. The summed E-state index contributed by atoms with van der Waals surface area (Å²) in [5.41, 5.74) is 0.468. The summed E-state index contributed by atoms with van der Waals surface area (Å²) < 4.78 is 22.4. The molecular formula is C23H26N2O6. The fourth-order valence-electron chi connectivity index (χ4n) is 4.13. The molecule has 0 atom stereocenters. The Hall–Kier alpha value is -3.42. The number of para-hydroxylation sites is 1. The molecule has 1 spiro atoms. The Kier molecular flexibility index (Phi) is 5.63. The van der Waals surface area contributed by atoms with Crippen LogP contribution in [0.3, 0.4) is 0 Å². The molecule has 2 aliphatic rings. The Morgan fingerprint density at radius 3 is 2.29 bits per heavy atom. The fraction of sp³-hybridized carbons (Fsp3) is 0.391. The summed E-state index contributed by atoms with van der Waals surface area (Å²) >= 11 is 0. The molecule has 2 aromatic carbocycles. The zero-order valence-electron chi connectivity index (χ0n) is 17.9. The van der Waals surface area contributed by atoms with E-state index in [0.717, 1.165) is 0 Å². The van der Waals surface area contributed by atoms with E-state index in [9.17, 15) is 9.59 Å². The second kappa shape index (κ2) is 8.37. The van der Waals surface area contributed by atoms with Gasteiger partial charge in [0.05, 0.1) is 33.4 Å². The molecule has 4 rings (SSSR count). The molecular weight excluding hydrogens is 400 g/mol. The van der Waals surface area contributed by atoms with Gasteiger partial charge in [-0.15, -0.1) is 0 Å². The normalized spacial score (nSPS) is 17.1. The lowest BCUT2D eigenvalue weighted by Crippen LogP contribution is -2.54. The lowest BCUT2D eigenvalue weighted by atomic mass is 9.90. The van der Waals surface area contributed by atoms with Gasteiger partial charge >= 0.3 is 0 Å². The van der Waals surface area contributed by atoms with Gasteiger partial charge in [-0.3, -0.25) is 9.59 Å². The van der Waals surface area contributed by atoms with Crippen molar-refractivity contribution >= 4 is 11.8 Å². The Labute approximate surface area is 181 Å². The molecule has 164 valence electrons. The van der Waals surface area contributed by atoms with Gasteiger partial charge in [0.2, 0.25) is 5.75 Å². The number of ether oxygens (including phenoxy) is 4. The van der Waals surface area contributed by atoms with Crippen LogP contribution in [0.2, 0.25) is 0 Å². The van der Waals surface area contributed by atoms with E-state index in [0.29, 0.717) is 66.6 Å². The predicted molar refractivity (Wildman–Crippen MR) is 113 cm³/mol. The Balaban J connectivity index is 1.52. The summed E-state index contributed by atoms with van der Waals surface area (Å²) in [5.74, 6) is 1.65. The average Bonchev–Trinajstić information content (AvgIpc) is 2.94. The van der Waals surface area contributed by atoms with E-state index in [-0.39, 0.29) is 11.8 Å². The minimum absolute atomic E-state index is 0.118. The highest BCUT2D eigenvalue weighted by Crippen LogP contribution is 2.39. The van der Waals surface area contributed by atoms with Crippen molar-refractivity contribution in [3.8, 4) is 23.0 Å². The number of amides is 2. The zero-order chi connectivity index (χ0) is 22.0. The van der Waals surface area contributed by atoms with Gasteiger partial charge in [0.15, 0.2) is 11.5 Å². The van der Waals surface area contributed by atoms with E-state index >= 15 is 0 Å². The van der Waals surface area contributed by atoms with Gasteiger partial charge in [0, 0.05) is 31.5 Å². The lowest BCUT2D eigenvalue weighted by Gasteiger charge is -2.41. The number of nitrogens with one attached hydrogen (secondary N) is 1. The van der Waals surface area contributed by atoms with Crippen LogP contribution >= 0.6 is 0 Å². The predicted octanol–water partition coefficient (Wildman–Crippen LogP) is 2.51. The smallest absolute Gasteiger partial charge is 0.255 e. The minimum Gasteiger partial charge on any atom is -0.493 e. The Morgan fingerprint density at radius 1 is 1.03 bits per heavy atom. The van der Waals surface area contributed by atoms with Crippen molar-refractivity contribution in [1.29, 1.82) is 0 Å². The third-order valence-corrected chi connectivity index (χ3v) is 5.90. The van der Waals surface area contributed by atoms with Crippen molar-refractivity contribution in [2.45, 2.75) is 18.4 Å². The van der Waals surface area contributed by atoms with Gasteiger partial charge in [0.25, 0.3) is 11.8 Å². The molecule has 0 unspecified atom stereocenters. The van der Waals surface area contributed by atoms with Gasteiger partial charge in [-0.1, -0.05) is 12.1 Å². The molecule has 1 saturated heterocycles. The number of carbonyl (C=O) groups excluding carboxylic acids is 2. The van der Waals surface area contributed by atoms with E-state index in [1.54, 1.807) is 23.1 Å². The number of hydrogen-bond donors (Lipinski definition) is 1. The van der Waals surface area contributed by atoms with E-state index in [2.05, 4.69) is 5.32 Å². The quantitative estimate of drug-likeness (QED) is 0.809. The summed E-state index contributed by atoms with van der Waals surface area (Å²) in [7, 11) is 4.56. The molecule has 0 bridgehead atoms. The number of hydrogen-bond acceptors (Lipinski definition) is 6. The highest BCUT2D eigenvalue weighted by Gasteiger charge is 2.41. The van der Waals surface area contributed by atoms with Crippen molar-refractivity contribution in [2.24, 2.45) is 0 Å². The SMILES string of the molecule is COc1cc(C(=O)N2CCC3(CC2)CNC(=O)c2ccccc2O3)cc(OC)c1OC. The average molecular weight is 426 g/mol. The van der Waals surface area contributed by atoms with Gasteiger partial charge in [-0.2, -0.15) is 0 Å². The first-order valence-electron chi connectivity index (χ1n) is 10.2.